The first-order valence-electron chi connectivity index (χ1n) is 5.74. The average molecular weight is 320 g/mol. The number of carbonyl (C=O) groups excluding carboxylic acids is 1. The van der Waals surface area contributed by atoms with Crippen molar-refractivity contribution in [3.63, 3.8) is 0 Å². The zero-order valence-electron chi connectivity index (χ0n) is 10.2. The first-order chi connectivity index (χ1) is 9.04. The first-order valence-corrected chi connectivity index (χ1v) is 6.53. The molecule has 0 fully saturated rings. The van der Waals surface area contributed by atoms with E-state index in [0.29, 0.717) is 11.4 Å². The Labute approximate surface area is 119 Å². The summed E-state index contributed by atoms with van der Waals surface area (Å²) in [6.07, 6.45) is 0.224. The highest BCUT2D eigenvalue weighted by atomic mass is 79.9. The van der Waals surface area contributed by atoms with Gasteiger partial charge in [-0.2, -0.15) is 0 Å². The van der Waals surface area contributed by atoms with Gasteiger partial charge in [0, 0.05) is 21.5 Å². The van der Waals surface area contributed by atoms with Crippen LogP contribution >= 0.6 is 15.9 Å². The molecule has 0 atom stereocenters. The molecule has 0 heterocycles. The third-order valence-electron chi connectivity index (χ3n) is 2.65. The second kappa shape index (κ2) is 5.75. The summed E-state index contributed by atoms with van der Waals surface area (Å²) in [4.78, 5) is 11.9. The Kier molecular flexibility index (Phi) is 4.06. The van der Waals surface area contributed by atoms with E-state index < -0.39 is 0 Å². The highest BCUT2D eigenvalue weighted by molar-refractivity contribution is 9.10. The van der Waals surface area contributed by atoms with Crippen LogP contribution in [0.15, 0.2) is 46.9 Å². The quantitative estimate of drug-likeness (QED) is 0.761. The summed E-state index contributed by atoms with van der Waals surface area (Å²) in [7, 11) is 0. The smallest absolute Gasteiger partial charge is 0.228 e. The van der Waals surface area contributed by atoms with E-state index in [1.54, 1.807) is 18.2 Å². The zero-order valence-corrected chi connectivity index (χ0v) is 11.8. The Hall–Kier alpha value is -2.01. The second-order valence-electron chi connectivity index (χ2n) is 4.19. The van der Waals surface area contributed by atoms with Crippen LogP contribution in [0.25, 0.3) is 0 Å². The summed E-state index contributed by atoms with van der Waals surface area (Å²) >= 11 is 3.34. The van der Waals surface area contributed by atoms with E-state index in [-0.39, 0.29) is 12.3 Å². The summed E-state index contributed by atoms with van der Waals surface area (Å²) in [5.74, 6) is -0.112. The number of hydrogen-bond acceptors (Lipinski definition) is 3. The normalized spacial score (nSPS) is 10.2. The lowest BCUT2D eigenvalue weighted by molar-refractivity contribution is -0.115. The fourth-order valence-corrected chi connectivity index (χ4v) is 1.95. The van der Waals surface area contributed by atoms with E-state index in [1.165, 1.54) is 0 Å². The van der Waals surface area contributed by atoms with Gasteiger partial charge < -0.3 is 16.8 Å². The van der Waals surface area contributed by atoms with E-state index in [2.05, 4.69) is 21.2 Å². The maximum Gasteiger partial charge on any atom is 0.228 e. The number of amides is 1. The molecule has 2 aromatic rings. The lowest BCUT2D eigenvalue weighted by Crippen LogP contribution is -2.15. The molecule has 5 heteroatoms. The summed E-state index contributed by atoms with van der Waals surface area (Å²) in [5.41, 5.74) is 14.1. The molecule has 5 N–H and O–H groups in total. The van der Waals surface area contributed by atoms with Gasteiger partial charge in [-0.25, -0.2) is 0 Å². The molecule has 98 valence electrons. The van der Waals surface area contributed by atoms with Gasteiger partial charge in [0.2, 0.25) is 5.91 Å². The fraction of sp³-hybridized carbons (Fsp3) is 0.0714. The van der Waals surface area contributed by atoms with Gasteiger partial charge in [-0.15, -0.1) is 0 Å². The van der Waals surface area contributed by atoms with Gasteiger partial charge in [-0.3, -0.25) is 4.79 Å². The van der Waals surface area contributed by atoms with Crippen LogP contribution in [-0.2, 0) is 11.2 Å². The lowest BCUT2D eigenvalue weighted by atomic mass is 10.1. The highest BCUT2D eigenvalue weighted by Gasteiger charge is 2.07. The molecule has 0 aliphatic carbocycles. The Balaban J connectivity index is 2.03. The van der Waals surface area contributed by atoms with E-state index in [0.717, 1.165) is 15.7 Å². The molecule has 4 nitrogen and oxygen atoms in total. The Bertz CT molecular complexity index is 596. The fourth-order valence-electron chi connectivity index (χ4n) is 1.69. The second-order valence-corrected chi connectivity index (χ2v) is 5.11. The lowest BCUT2D eigenvalue weighted by Gasteiger charge is -2.08. The number of nitrogens with two attached hydrogens (primary N) is 2. The molecular formula is C14H14BrN3O. The topological polar surface area (TPSA) is 81.1 Å². The molecular weight excluding hydrogens is 306 g/mol. The first kappa shape index (κ1) is 13.4. The Morgan fingerprint density at radius 1 is 1.11 bits per heavy atom. The number of benzene rings is 2. The number of anilines is 3. The van der Waals surface area contributed by atoms with Gasteiger partial charge >= 0.3 is 0 Å². The van der Waals surface area contributed by atoms with Crippen LogP contribution in [0.1, 0.15) is 5.56 Å². The van der Waals surface area contributed by atoms with Crippen molar-refractivity contribution in [3.8, 4) is 0 Å². The van der Waals surface area contributed by atoms with Gasteiger partial charge in [-0.1, -0.05) is 22.0 Å². The third kappa shape index (κ3) is 3.72. The molecule has 19 heavy (non-hydrogen) atoms. The van der Waals surface area contributed by atoms with E-state index >= 15 is 0 Å². The summed E-state index contributed by atoms with van der Waals surface area (Å²) in [5, 5.41) is 2.81. The van der Waals surface area contributed by atoms with Crippen molar-refractivity contribution in [2.75, 3.05) is 16.8 Å². The van der Waals surface area contributed by atoms with Gasteiger partial charge in [0.05, 0.1) is 6.42 Å². The zero-order chi connectivity index (χ0) is 13.8. The van der Waals surface area contributed by atoms with Crippen molar-refractivity contribution in [1.29, 1.82) is 0 Å². The standard InChI is InChI=1S/C14H14BrN3O/c15-10-2-5-12(6-3-10)18-14(19)7-9-1-4-11(16)8-13(9)17/h1-6,8H,7,16-17H2,(H,18,19). The van der Waals surface area contributed by atoms with Crippen LogP contribution in [0, 0.1) is 0 Å². The maximum absolute atomic E-state index is 11.9. The minimum Gasteiger partial charge on any atom is -0.399 e. The van der Waals surface area contributed by atoms with Crippen molar-refractivity contribution in [3.05, 3.63) is 52.5 Å². The van der Waals surface area contributed by atoms with E-state index in [4.69, 9.17) is 11.5 Å². The van der Waals surface area contributed by atoms with Gasteiger partial charge in [0.15, 0.2) is 0 Å². The number of hydrogen-bond donors (Lipinski definition) is 3. The van der Waals surface area contributed by atoms with E-state index in [1.807, 2.05) is 24.3 Å². The Morgan fingerprint density at radius 2 is 1.79 bits per heavy atom. The molecule has 0 radical (unpaired) electrons. The van der Waals surface area contributed by atoms with Crippen molar-refractivity contribution >= 4 is 38.9 Å². The molecule has 0 aromatic heterocycles. The SMILES string of the molecule is Nc1ccc(CC(=O)Nc2ccc(Br)cc2)c(N)c1. The Morgan fingerprint density at radius 3 is 2.42 bits per heavy atom. The number of nitrogen functional groups attached to an aromatic ring is 2. The molecule has 2 aromatic carbocycles. The van der Waals surface area contributed by atoms with Gasteiger partial charge in [-0.05, 0) is 42.0 Å². The molecule has 0 aliphatic heterocycles. The molecule has 0 aliphatic rings. The summed E-state index contributed by atoms with van der Waals surface area (Å²) in [6, 6.07) is 12.6. The van der Waals surface area contributed by atoms with Crippen molar-refractivity contribution in [2.45, 2.75) is 6.42 Å². The number of rotatable bonds is 3. The molecule has 0 bridgehead atoms. The van der Waals surface area contributed by atoms with Crippen LogP contribution in [0.5, 0.6) is 0 Å². The van der Waals surface area contributed by atoms with Crippen LogP contribution in [0.4, 0.5) is 17.1 Å². The van der Waals surface area contributed by atoms with Crippen molar-refractivity contribution in [1.82, 2.24) is 0 Å². The van der Waals surface area contributed by atoms with Crippen LogP contribution in [0.2, 0.25) is 0 Å². The minimum absolute atomic E-state index is 0.112. The maximum atomic E-state index is 11.9. The largest absolute Gasteiger partial charge is 0.399 e. The molecule has 0 spiro atoms. The monoisotopic (exact) mass is 319 g/mol. The predicted octanol–water partition coefficient (Wildman–Crippen LogP) is 2.79. The van der Waals surface area contributed by atoms with Crippen LogP contribution in [0.3, 0.4) is 0 Å². The average Bonchev–Trinajstić information content (AvgIpc) is 2.36. The number of carbonyl (C=O) groups is 1. The summed E-state index contributed by atoms with van der Waals surface area (Å²) in [6.45, 7) is 0. The molecule has 2 rings (SSSR count). The molecule has 0 unspecified atom stereocenters. The third-order valence-corrected chi connectivity index (χ3v) is 3.18. The predicted molar refractivity (Wildman–Crippen MR) is 81.7 cm³/mol. The summed E-state index contributed by atoms with van der Waals surface area (Å²) < 4.78 is 0.966. The minimum atomic E-state index is -0.112. The highest BCUT2D eigenvalue weighted by Crippen LogP contribution is 2.18. The van der Waals surface area contributed by atoms with Gasteiger partial charge in [0.1, 0.15) is 0 Å². The molecule has 0 saturated heterocycles. The number of nitrogens with one attached hydrogen (secondary N) is 1. The molecule has 0 saturated carbocycles. The van der Waals surface area contributed by atoms with Crippen LogP contribution in [-0.4, -0.2) is 5.91 Å². The van der Waals surface area contributed by atoms with E-state index in [9.17, 15) is 4.79 Å². The van der Waals surface area contributed by atoms with Crippen LogP contribution < -0.4 is 16.8 Å². The van der Waals surface area contributed by atoms with Crippen molar-refractivity contribution in [2.24, 2.45) is 0 Å². The molecule has 1 amide bonds. The number of halogens is 1. The van der Waals surface area contributed by atoms with Gasteiger partial charge in [0.25, 0.3) is 0 Å². The van der Waals surface area contributed by atoms with Crippen molar-refractivity contribution < 1.29 is 4.79 Å².